The fourth-order valence-corrected chi connectivity index (χ4v) is 2.13. The van der Waals surface area contributed by atoms with Crippen LogP contribution in [0.3, 0.4) is 0 Å². The van der Waals surface area contributed by atoms with E-state index in [0.29, 0.717) is 0 Å². The Hall–Kier alpha value is -1.16. The molecule has 3 N–H and O–H groups in total. The maximum atomic E-state index is 11.8. The first-order valence-corrected chi connectivity index (χ1v) is 6.35. The maximum absolute atomic E-state index is 11.8. The van der Waals surface area contributed by atoms with Gasteiger partial charge in [0, 0.05) is 25.3 Å². The second-order valence-corrected chi connectivity index (χ2v) is 5.08. The summed E-state index contributed by atoms with van der Waals surface area (Å²) < 4.78 is 35.5. The number of thioether (sulfide) groups is 1. The fraction of sp³-hybridized carbons (Fsp3) is 0.778. The zero-order chi connectivity index (χ0) is 14.6. The SMILES string of the molecule is O=C(O)C1CC(O)CN1C(=O)NCCSC(F)(F)F. The van der Waals surface area contributed by atoms with Crippen LogP contribution < -0.4 is 5.32 Å². The number of aliphatic hydroxyl groups excluding tert-OH is 1. The van der Waals surface area contributed by atoms with Gasteiger partial charge < -0.3 is 20.4 Å². The van der Waals surface area contributed by atoms with Crippen LogP contribution in [0.4, 0.5) is 18.0 Å². The molecular weight excluding hydrogens is 289 g/mol. The molecule has 0 radical (unpaired) electrons. The molecule has 6 nitrogen and oxygen atoms in total. The number of β-amino-alcohol motifs (C(OH)–C–C–N with tert-alkyl or cyclic N) is 1. The van der Waals surface area contributed by atoms with Crippen molar-refractivity contribution >= 4 is 23.8 Å². The molecule has 0 bridgehead atoms. The van der Waals surface area contributed by atoms with Crippen LogP contribution >= 0.6 is 11.8 Å². The van der Waals surface area contributed by atoms with Gasteiger partial charge in [0.1, 0.15) is 6.04 Å². The molecule has 1 rings (SSSR count). The number of carboxylic acids is 1. The number of nitrogens with one attached hydrogen (secondary N) is 1. The van der Waals surface area contributed by atoms with Gasteiger partial charge in [0.05, 0.1) is 6.10 Å². The van der Waals surface area contributed by atoms with Crippen LogP contribution in [0, 0.1) is 0 Å². The van der Waals surface area contributed by atoms with Gasteiger partial charge in [0.25, 0.3) is 0 Å². The Morgan fingerprint density at radius 3 is 2.58 bits per heavy atom. The monoisotopic (exact) mass is 302 g/mol. The first-order chi connectivity index (χ1) is 8.70. The smallest absolute Gasteiger partial charge is 0.441 e. The van der Waals surface area contributed by atoms with Gasteiger partial charge in [0.15, 0.2) is 0 Å². The van der Waals surface area contributed by atoms with Gasteiger partial charge in [-0.05, 0) is 11.8 Å². The second-order valence-electron chi connectivity index (χ2n) is 3.92. The van der Waals surface area contributed by atoms with E-state index in [9.17, 15) is 27.9 Å². The van der Waals surface area contributed by atoms with Crippen molar-refractivity contribution in [3.63, 3.8) is 0 Å². The van der Waals surface area contributed by atoms with E-state index in [1.54, 1.807) is 0 Å². The van der Waals surface area contributed by atoms with Crippen LogP contribution in [-0.2, 0) is 4.79 Å². The minimum absolute atomic E-state index is 0.0833. The maximum Gasteiger partial charge on any atom is 0.441 e. The van der Waals surface area contributed by atoms with E-state index in [1.807, 2.05) is 0 Å². The molecule has 2 unspecified atom stereocenters. The average molecular weight is 302 g/mol. The standard InChI is InChI=1S/C9H13F3N2O4S/c10-9(11,12)19-2-1-13-8(18)14-4-5(15)3-6(14)7(16)17/h5-6,15H,1-4H2,(H,13,18)(H,16,17). The molecule has 2 amide bonds. The van der Waals surface area contributed by atoms with Crippen LogP contribution in [0.5, 0.6) is 0 Å². The van der Waals surface area contributed by atoms with Gasteiger partial charge in [-0.25, -0.2) is 9.59 Å². The third-order valence-corrected chi connectivity index (χ3v) is 3.20. The van der Waals surface area contributed by atoms with E-state index in [-0.39, 0.29) is 37.0 Å². The molecule has 110 valence electrons. The summed E-state index contributed by atoms with van der Waals surface area (Å²) in [6.45, 7) is -0.378. The highest BCUT2D eigenvalue weighted by molar-refractivity contribution is 8.00. The lowest BCUT2D eigenvalue weighted by atomic mass is 10.2. The lowest BCUT2D eigenvalue weighted by Crippen LogP contribution is -2.46. The van der Waals surface area contributed by atoms with Crippen molar-refractivity contribution in [1.29, 1.82) is 0 Å². The normalized spacial score (nSPS) is 23.5. The number of likely N-dealkylation sites (tertiary alicyclic amines) is 1. The largest absolute Gasteiger partial charge is 0.480 e. The molecule has 0 saturated carbocycles. The van der Waals surface area contributed by atoms with Crippen molar-refractivity contribution in [2.24, 2.45) is 0 Å². The Kier molecular flexibility index (Phi) is 5.29. The van der Waals surface area contributed by atoms with Crippen LogP contribution in [0.2, 0.25) is 0 Å². The van der Waals surface area contributed by atoms with Crippen molar-refractivity contribution in [3.8, 4) is 0 Å². The summed E-state index contributed by atoms with van der Waals surface area (Å²) in [5, 5.41) is 20.3. The van der Waals surface area contributed by atoms with E-state index >= 15 is 0 Å². The highest BCUT2D eigenvalue weighted by Crippen LogP contribution is 2.29. The average Bonchev–Trinajstić information content (AvgIpc) is 2.65. The summed E-state index contributed by atoms with van der Waals surface area (Å²) in [5.41, 5.74) is -4.36. The molecule has 1 aliphatic heterocycles. The number of halogens is 3. The summed E-state index contributed by atoms with van der Waals surface area (Å²) in [7, 11) is 0. The highest BCUT2D eigenvalue weighted by Gasteiger charge is 2.38. The minimum atomic E-state index is -4.36. The minimum Gasteiger partial charge on any atom is -0.480 e. The number of carbonyl (C=O) groups excluding carboxylic acids is 1. The third-order valence-electron chi connectivity index (χ3n) is 2.47. The molecule has 1 aliphatic rings. The molecule has 0 aromatic rings. The summed E-state index contributed by atoms with van der Waals surface area (Å²) in [6.07, 6.45) is -1.02. The summed E-state index contributed by atoms with van der Waals surface area (Å²) >= 11 is -0.273. The topological polar surface area (TPSA) is 89.9 Å². The van der Waals surface area contributed by atoms with Crippen LogP contribution in [0.25, 0.3) is 0 Å². The fourth-order valence-electron chi connectivity index (χ4n) is 1.70. The Morgan fingerprint density at radius 2 is 2.05 bits per heavy atom. The molecule has 0 aromatic heterocycles. The molecule has 19 heavy (non-hydrogen) atoms. The number of carbonyl (C=O) groups is 2. The molecule has 10 heteroatoms. The van der Waals surface area contributed by atoms with E-state index in [0.717, 1.165) is 4.90 Å². The number of hydrogen-bond donors (Lipinski definition) is 3. The Balaban J connectivity index is 2.38. The third kappa shape index (κ3) is 5.15. The number of urea groups is 1. The van der Waals surface area contributed by atoms with Gasteiger partial charge in [-0.15, -0.1) is 0 Å². The quantitative estimate of drug-likeness (QED) is 0.657. The number of aliphatic carboxylic acids is 1. The van der Waals surface area contributed by atoms with Crippen molar-refractivity contribution in [1.82, 2.24) is 10.2 Å². The highest BCUT2D eigenvalue weighted by atomic mass is 32.2. The van der Waals surface area contributed by atoms with Gasteiger partial charge in [-0.3, -0.25) is 0 Å². The lowest BCUT2D eigenvalue weighted by molar-refractivity contribution is -0.141. The molecule has 2 atom stereocenters. The van der Waals surface area contributed by atoms with E-state index in [2.05, 4.69) is 5.32 Å². The first kappa shape index (κ1) is 15.9. The number of carboxylic acid groups (broad SMARTS) is 1. The molecule has 0 aromatic carbocycles. The molecule has 1 saturated heterocycles. The summed E-state index contributed by atoms with van der Waals surface area (Å²) in [5.74, 6) is -1.61. The van der Waals surface area contributed by atoms with Crippen molar-refractivity contribution in [2.45, 2.75) is 24.1 Å². The number of nitrogens with zero attached hydrogens (tertiary/aromatic N) is 1. The van der Waals surface area contributed by atoms with Gasteiger partial charge in [-0.1, -0.05) is 0 Å². The van der Waals surface area contributed by atoms with Crippen LogP contribution in [0.1, 0.15) is 6.42 Å². The molecule has 0 aliphatic carbocycles. The summed E-state index contributed by atoms with van der Waals surface area (Å²) in [4.78, 5) is 23.3. The van der Waals surface area contributed by atoms with E-state index in [1.165, 1.54) is 0 Å². The van der Waals surface area contributed by atoms with Crippen molar-refractivity contribution in [2.75, 3.05) is 18.8 Å². The predicted molar refractivity (Wildman–Crippen MR) is 60.7 cm³/mol. The number of aliphatic hydroxyl groups is 1. The number of rotatable bonds is 4. The Bertz CT molecular complexity index is 353. The van der Waals surface area contributed by atoms with Gasteiger partial charge >= 0.3 is 17.5 Å². The van der Waals surface area contributed by atoms with Crippen LogP contribution in [-0.4, -0.2) is 63.6 Å². The number of hydrogen-bond acceptors (Lipinski definition) is 4. The number of alkyl halides is 3. The van der Waals surface area contributed by atoms with E-state index in [4.69, 9.17) is 5.11 Å². The predicted octanol–water partition coefficient (Wildman–Crippen LogP) is 0.469. The molecule has 1 heterocycles. The van der Waals surface area contributed by atoms with Crippen molar-refractivity contribution in [3.05, 3.63) is 0 Å². The van der Waals surface area contributed by atoms with E-state index < -0.39 is 29.7 Å². The Morgan fingerprint density at radius 1 is 1.42 bits per heavy atom. The molecule has 0 spiro atoms. The zero-order valence-corrected chi connectivity index (χ0v) is 10.5. The van der Waals surface area contributed by atoms with Gasteiger partial charge in [0.2, 0.25) is 0 Å². The zero-order valence-electron chi connectivity index (χ0n) is 9.68. The second kappa shape index (κ2) is 6.33. The van der Waals surface area contributed by atoms with Crippen molar-refractivity contribution < 1.29 is 33.0 Å². The number of amides is 2. The Labute approximate surface area is 110 Å². The molecular formula is C9H13F3N2O4S. The van der Waals surface area contributed by atoms with Gasteiger partial charge in [-0.2, -0.15) is 13.2 Å². The first-order valence-electron chi connectivity index (χ1n) is 5.36. The van der Waals surface area contributed by atoms with Crippen LogP contribution in [0.15, 0.2) is 0 Å². The molecule has 1 fully saturated rings. The lowest BCUT2D eigenvalue weighted by Gasteiger charge is -2.21. The summed E-state index contributed by atoms with van der Waals surface area (Å²) in [6, 6.07) is -1.93.